The number of carbonyl (C=O) groups excluding carboxylic acids is 1. The highest BCUT2D eigenvalue weighted by Crippen LogP contribution is 2.27. The zero-order valence-electron chi connectivity index (χ0n) is 16.0. The van der Waals surface area contributed by atoms with Crippen molar-refractivity contribution in [2.45, 2.75) is 31.2 Å². The molecule has 2 amide bonds. The Labute approximate surface area is 183 Å². The Bertz CT molecular complexity index is 940. The van der Waals surface area contributed by atoms with Gasteiger partial charge in [0, 0.05) is 36.8 Å². The zero-order chi connectivity index (χ0) is 21.7. The summed E-state index contributed by atoms with van der Waals surface area (Å²) in [6.45, 7) is 0.942. The molecule has 0 spiro atoms. The van der Waals surface area contributed by atoms with E-state index in [-0.39, 0.29) is 11.6 Å². The van der Waals surface area contributed by atoms with Crippen LogP contribution in [0.25, 0.3) is 0 Å². The lowest BCUT2D eigenvalue weighted by molar-refractivity contribution is -0.387. The topological polar surface area (TPSA) is 96.3 Å². The van der Waals surface area contributed by atoms with Gasteiger partial charge in [-0.05, 0) is 42.7 Å². The molecule has 0 aliphatic heterocycles. The van der Waals surface area contributed by atoms with Crippen LogP contribution in [-0.4, -0.2) is 30.1 Å². The van der Waals surface area contributed by atoms with E-state index in [2.05, 4.69) is 16.0 Å². The molecule has 0 bridgehead atoms. The van der Waals surface area contributed by atoms with Gasteiger partial charge in [-0.3, -0.25) is 10.1 Å². The SMILES string of the molecule is O=C(NC[C@@H](CNC1CCC1)c1ccc(Cl)c(Cl)c1)Nc1ccc(F)c([N+](=O)[O-])c1. The minimum atomic E-state index is -0.965. The molecule has 0 unspecified atom stereocenters. The normalized spacial score (nSPS) is 14.6. The van der Waals surface area contributed by atoms with Crippen molar-refractivity contribution >= 4 is 40.6 Å². The average Bonchev–Trinajstić information content (AvgIpc) is 2.66. The number of benzene rings is 2. The van der Waals surface area contributed by atoms with Gasteiger partial charge >= 0.3 is 11.7 Å². The fraction of sp³-hybridized carbons (Fsp3) is 0.350. The summed E-state index contributed by atoms with van der Waals surface area (Å²) < 4.78 is 13.4. The van der Waals surface area contributed by atoms with Crippen LogP contribution in [0, 0.1) is 15.9 Å². The Balaban J connectivity index is 1.63. The van der Waals surface area contributed by atoms with E-state index in [1.54, 1.807) is 12.1 Å². The molecule has 0 saturated heterocycles. The van der Waals surface area contributed by atoms with Gasteiger partial charge in [0.1, 0.15) is 0 Å². The van der Waals surface area contributed by atoms with Gasteiger partial charge in [-0.1, -0.05) is 35.7 Å². The minimum Gasteiger partial charge on any atom is -0.337 e. The molecule has 1 fully saturated rings. The second-order valence-corrected chi connectivity index (χ2v) is 7.98. The van der Waals surface area contributed by atoms with Crippen molar-refractivity contribution in [3.8, 4) is 0 Å². The van der Waals surface area contributed by atoms with Gasteiger partial charge in [0.25, 0.3) is 0 Å². The van der Waals surface area contributed by atoms with Crippen LogP contribution in [-0.2, 0) is 0 Å². The number of hydrogen-bond acceptors (Lipinski definition) is 4. The van der Waals surface area contributed by atoms with Crippen LogP contribution < -0.4 is 16.0 Å². The van der Waals surface area contributed by atoms with Gasteiger partial charge < -0.3 is 16.0 Å². The van der Waals surface area contributed by atoms with Crippen LogP contribution in [0.2, 0.25) is 10.0 Å². The molecule has 0 heterocycles. The number of halogens is 3. The van der Waals surface area contributed by atoms with Crippen molar-refractivity contribution in [3.63, 3.8) is 0 Å². The number of carbonyl (C=O) groups is 1. The third-order valence-corrected chi connectivity index (χ3v) is 5.82. The minimum absolute atomic E-state index is 0.0614. The van der Waals surface area contributed by atoms with Gasteiger partial charge in [-0.15, -0.1) is 0 Å². The lowest BCUT2D eigenvalue weighted by Crippen LogP contribution is -2.41. The quantitative estimate of drug-likeness (QED) is 0.382. The molecule has 1 aliphatic carbocycles. The Hall–Kier alpha value is -2.42. The van der Waals surface area contributed by atoms with Crippen molar-refractivity contribution in [1.29, 1.82) is 0 Å². The number of hydrogen-bond donors (Lipinski definition) is 3. The van der Waals surface area contributed by atoms with Crippen molar-refractivity contribution in [2.75, 3.05) is 18.4 Å². The highest BCUT2D eigenvalue weighted by atomic mass is 35.5. The van der Waals surface area contributed by atoms with E-state index in [0.717, 1.165) is 30.5 Å². The monoisotopic (exact) mass is 454 g/mol. The predicted molar refractivity (Wildman–Crippen MR) is 115 cm³/mol. The largest absolute Gasteiger partial charge is 0.337 e. The molecule has 0 aromatic heterocycles. The van der Waals surface area contributed by atoms with Crippen LogP contribution in [0.3, 0.4) is 0 Å². The van der Waals surface area contributed by atoms with Crippen LogP contribution >= 0.6 is 23.2 Å². The van der Waals surface area contributed by atoms with Gasteiger partial charge in [-0.2, -0.15) is 4.39 Å². The summed E-state index contributed by atoms with van der Waals surface area (Å²) in [6, 6.07) is 8.46. The smallest absolute Gasteiger partial charge is 0.319 e. The molecule has 2 aromatic rings. The van der Waals surface area contributed by atoms with E-state index in [1.807, 2.05) is 6.07 Å². The summed E-state index contributed by atoms with van der Waals surface area (Å²) in [5, 5.41) is 20.5. The van der Waals surface area contributed by atoms with E-state index >= 15 is 0 Å². The lowest BCUT2D eigenvalue weighted by atomic mass is 9.91. The van der Waals surface area contributed by atoms with E-state index in [1.165, 1.54) is 12.5 Å². The van der Waals surface area contributed by atoms with Crippen LogP contribution in [0.5, 0.6) is 0 Å². The lowest BCUT2D eigenvalue weighted by Gasteiger charge is -2.29. The summed E-state index contributed by atoms with van der Waals surface area (Å²) in [5.74, 6) is -1.03. The molecule has 0 radical (unpaired) electrons. The first-order valence-electron chi connectivity index (χ1n) is 9.50. The maximum Gasteiger partial charge on any atom is 0.319 e. The molecule has 30 heavy (non-hydrogen) atoms. The number of anilines is 1. The molecule has 1 aliphatic rings. The molecular weight excluding hydrogens is 434 g/mol. The number of nitrogens with one attached hydrogen (secondary N) is 3. The van der Waals surface area contributed by atoms with Crippen LogP contribution in [0.15, 0.2) is 36.4 Å². The van der Waals surface area contributed by atoms with Crippen LogP contribution in [0.1, 0.15) is 30.7 Å². The maximum absolute atomic E-state index is 13.4. The summed E-state index contributed by atoms with van der Waals surface area (Å²) in [4.78, 5) is 22.3. The molecule has 2 aromatic carbocycles. The molecule has 7 nitrogen and oxygen atoms in total. The number of nitro groups is 1. The van der Waals surface area contributed by atoms with E-state index in [9.17, 15) is 19.3 Å². The Morgan fingerprint density at radius 1 is 1.17 bits per heavy atom. The molecule has 3 N–H and O–H groups in total. The first-order chi connectivity index (χ1) is 14.3. The van der Waals surface area contributed by atoms with E-state index < -0.39 is 22.5 Å². The summed E-state index contributed by atoms with van der Waals surface area (Å²) in [6.07, 6.45) is 3.47. The number of urea groups is 1. The maximum atomic E-state index is 13.4. The fourth-order valence-corrected chi connectivity index (χ4v) is 3.42. The second-order valence-electron chi connectivity index (χ2n) is 7.16. The first kappa shape index (κ1) is 22.3. The molecule has 1 atom stereocenters. The number of amides is 2. The predicted octanol–water partition coefficient (Wildman–Crippen LogP) is 5.09. The average molecular weight is 455 g/mol. The van der Waals surface area contributed by atoms with E-state index in [0.29, 0.717) is 29.2 Å². The summed E-state index contributed by atoms with van der Waals surface area (Å²) in [5.41, 5.74) is 0.347. The second kappa shape index (κ2) is 10.1. The standard InChI is InChI=1S/C20H21Cl2FN4O3/c21-16-6-4-12(8-17(16)22)13(10-24-14-2-1-3-14)11-25-20(28)26-15-5-7-18(23)19(9-15)27(29)30/h4-9,13-14,24H,1-3,10-11H2,(H2,25,26,28)/t13-/m1/s1. The first-order valence-corrected chi connectivity index (χ1v) is 10.3. The molecule has 160 valence electrons. The molecule has 1 saturated carbocycles. The molecule has 3 rings (SSSR count). The fourth-order valence-electron chi connectivity index (χ4n) is 3.12. The zero-order valence-corrected chi connectivity index (χ0v) is 17.5. The van der Waals surface area contributed by atoms with Gasteiger partial charge in [0.2, 0.25) is 5.82 Å². The van der Waals surface area contributed by atoms with Crippen LogP contribution in [0.4, 0.5) is 20.6 Å². The van der Waals surface area contributed by atoms with Crippen molar-refractivity contribution < 1.29 is 14.1 Å². The van der Waals surface area contributed by atoms with E-state index in [4.69, 9.17) is 23.2 Å². The summed E-state index contributed by atoms with van der Waals surface area (Å²) >= 11 is 12.2. The molecular formula is C20H21Cl2FN4O3. The highest BCUT2D eigenvalue weighted by molar-refractivity contribution is 6.42. The number of nitrogens with zero attached hydrogens (tertiary/aromatic N) is 1. The number of rotatable bonds is 8. The van der Waals surface area contributed by atoms with Gasteiger partial charge in [0.15, 0.2) is 0 Å². The Morgan fingerprint density at radius 2 is 1.93 bits per heavy atom. The highest BCUT2D eigenvalue weighted by Gasteiger charge is 2.21. The Kier molecular flexibility index (Phi) is 7.47. The van der Waals surface area contributed by atoms with Gasteiger partial charge in [-0.25, -0.2) is 4.79 Å². The molecule has 10 heteroatoms. The van der Waals surface area contributed by atoms with Gasteiger partial charge in [0.05, 0.1) is 15.0 Å². The van der Waals surface area contributed by atoms with Crippen molar-refractivity contribution in [2.24, 2.45) is 0 Å². The summed E-state index contributed by atoms with van der Waals surface area (Å²) in [7, 11) is 0. The van der Waals surface area contributed by atoms with Crippen molar-refractivity contribution in [3.05, 3.63) is 67.9 Å². The van der Waals surface area contributed by atoms with Crippen molar-refractivity contribution in [1.82, 2.24) is 10.6 Å². The third kappa shape index (κ3) is 5.81. The third-order valence-electron chi connectivity index (χ3n) is 5.08. The number of nitro benzene ring substituents is 1. The Morgan fingerprint density at radius 3 is 2.57 bits per heavy atom.